The van der Waals surface area contributed by atoms with E-state index in [9.17, 15) is 4.79 Å². The summed E-state index contributed by atoms with van der Waals surface area (Å²) in [6.45, 7) is 2.64. The molecule has 20 heavy (non-hydrogen) atoms. The molecule has 1 aromatic rings. The van der Waals surface area contributed by atoms with Crippen molar-refractivity contribution < 1.29 is 14.3 Å². The summed E-state index contributed by atoms with van der Waals surface area (Å²) in [7, 11) is 0. The molecule has 3 nitrogen and oxygen atoms in total. The molecule has 0 N–H and O–H groups in total. The van der Waals surface area contributed by atoms with E-state index in [1.807, 2.05) is 30.3 Å². The van der Waals surface area contributed by atoms with E-state index in [-0.39, 0.29) is 5.97 Å². The first kappa shape index (κ1) is 13.4. The number of carbonyl (C=O) groups is 1. The largest absolute Gasteiger partial charge is 0.453 e. The molecule has 0 unspecified atom stereocenters. The van der Waals surface area contributed by atoms with Gasteiger partial charge in [0, 0.05) is 6.42 Å². The lowest BCUT2D eigenvalue weighted by atomic mass is 9.84. The van der Waals surface area contributed by atoms with Crippen LogP contribution in [0.15, 0.2) is 42.5 Å². The maximum Gasteiger partial charge on any atom is 0.336 e. The Hall–Kier alpha value is -1.61. The highest BCUT2D eigenvalue weighted by Crippen LogP contribution is 2.38. The van der Waals surface area contributed by atoms with Crippen LogP contribution in [0, 0.1) is 5.92 Å². The zero-order valence-corrected chi connectivity index (χ0v) is 11.7. The van der Waals surface area contributed by atoms with Crippen LogP contribution in [0.25, 0.3) is 0 Å². The number of rotatable bonds is 3. The van der Waals surface area contributed by atoms with E-state index in [0.717, 1.165) is 18.4 Å². The summed E-state index contributed by atoms with van der Waals surface area (Å²) in [6.07, 6.45) is 6.38. The van der Waals surface area contributed by atoms with E-state index >= 15 is 0 Å². The molecule has 3 heteroatoms. The van der Waals surface area contributed by atoms with Crippen molar-refractivity contribution in [2.24, 2.45) is 5.92 Å². The quantitative estimate of drug-likeness (QED) is 0.626. The topological polar surface area (TPSA) is 35.5 Å². The third kappa shape index (κ3) is 2.78. The van der Waals surface area contributed by atoms with Crippen molar-refractivity contribution in [1.82, 2.24) is 0 Å². The molecule has 1 saturated heterocycles. The molecular formula is C17H20O3. The van der Waals surface area contributed by atoms with Gasteiger partial charge >= 0.3 is 5.97 Å². The summed E-state index contributed by atoms with van der Waals surface area (Å²) >= 11 is 0. The van der Waals surface area contributed by atoms with E-state index in [2.05, 4.69) is 19.1 Å². The lowest BCUT2D eigenvalue weighted by Crippen LogP contribution is -2.29. The maximum atomic E-state index is 12.0. The van der Waals surface area contributed by atoms with Gasteiger partial charge in [-0.05, 0) is 30.4 Å². The van der Waals surface area contributed by atoms with Gasteiger partial charge in [0.2, 0.25) is 0 Å². The molecule has 0 amide bonds. The summed E-state index contributed by atoms with van der Waals surface area (Å²) in [6, 6.07) is 9.91. The highest BCUT2D eigenvalue weighted by atomic mass is 16.6. The van der Waals surface area contributed by atoms with Crippen LogP contribution in [-0.4, -0.2) is 17.7 Å². The first-order valence-corrected chi connectivity index (χ1v) is 7.25. The number of carbonyl (C=O) groups excluding carboxylic acids is 1. The van der Waals surface area contributed by atoms with Gasteiger partial charge in [-0.1, -0.05) is 43.3 Å². The Balaban J connectivity index is 1.62. The van der Waals surface area contributed by atoms with Gasteiger partial charge in [0.1, 0.15) is 5.60 Å². The van der Waals surface area contributed by atoms with Crippen LogP contribution in [0.1, 0.15) is 31.7 Å². The van der Waals surface area contributed by atoms with Crippen LogP contribution in [0.5, 0.6) is 0 Å². The van der Waals surface area contributed by atoms with Crippen molar-refractivity contribution in [3.05, 3.63) is 48.0 Å². The average molecular weight is 272 g/mol. The number of benzene rings is 1. The summed E-state index contributed by atoms with van der Waals surface area (Å²) in [4.78, 5) is 12.0. The number of ether oxygens (including phenoxy) is 2. The molecule has 0 radical (unpaired) electrons. The predicted molar refractivity (Wildman–Crippen MR) is 76.0 cm³/mol. The highest BCUT2D eigenvalue weighted by molar-refractivity contribution is 5.78. The molecule has 1 aromatic carbocycles. The minimum Gasteiger partial charge on any atom is -0.453 e. The molecular weight excluding hydrogens is 252 g/mol. The number of hydrogen-bond acceptors (Lipinski definition) is 3. The first-order chi connectivity index (χ1) is 9.67. The van der Waals surface area contributed by atoms with Crippen molar-refractivity contribution >= 4 is 5.97 Å². The Bertz CT molecular complexity index is 508. The summed E-state index contributed by atoms with van der Waals surface area (Å²) in [5.41, 5.74) is 0.666. The molecule has 106 valence electrons. The van der Waals surface area contributed by atoms with Crippen LogP contribution in [0.4, 0.5) is 0 Å². The Morgan fingerprint density at radius 2 is 2.15 bits per heavy atom. The summed E-state index contributed by atoms with van der Waals surface area (Å²) in [5, 5.41) is 0. The number of hydrogen-bond donors (Lipinski definition) is 0. The second kappa shape index (κ2) is 5.41. The standard InChI is InChI=1S/C17H20O3/c1-13-7-9-17(10-8-13)11-15(16(18)20-17)19-12-14-5-3-2-4-6-14/h2-7,9,13,15H,8,10-12H2,1H3/t13-,15-,17+/m1/s1. The Morgan fingerprint density at radius 3 is 2.85 bits per heavy atom. The molecule has 1 spiro atoms. The lowest BCUT2D eigenvalue weighted by Gasteiger charge is -2.29. The minimum atomic E-state index is -0.437. The van der Waals surface area contributed by atoms with Gasteiger partial charge in [-0.15, -0.1) is 0 Å². The van der Waals surface area contributed by atoms with Gasteiger partial charge in [0.15, 0.2) is 6.10 Å². The van der Waals surface area contributed by atoms with Crippen molar-refractivity contribution in [2.45, 2.75) is 44.5 Å². The first-order valence-electron chi connectivity index (χ1n) is 7.25. The molecule has 1 heterocycles. The van der Waals surface area contributed by atoms with E-state index in [4.69, 9.17) is 9.47 Å². The van der Waals surface area contributed by atoms with Gasteiger partial charge in [-0.25, -0.2) is 4.79 Å². The lowest BCUT2D eigenvalue weighted by molar-refractivity contribution is -0.153. The van der Waals surface area contributed by atoms with Gasteiger partial charge in [-0.3, -0.25) is 0 Å². The SMILES string of the molecule is C[C@@H]1C=C[C@]2(CC1)C[C@@H](OCc1ccccc1)C(=O)O2. The van der Waals surface area contributed by atoms with Gasteiger partial charge in [0.25, 0.3) is 0 Å². The molecule has 2 aliphatic rings. The van der Waals surface area contributed by atoms with Crippen molar-refractivity contribution in [3.63, 3.8) is 0 Å². The van der Waals surface area contributed by atoms with Gasteiger partial charge < -0.3 is 9.47 Å². The van der Waals surface area contributed by atoms with Crippen LogP contribution in [0.3, 0.4) is 0 Å². The molecule has 3 atom stereocenters. The summed E-state index contributed by atoms with van der Waals surface area (Å²) in [5.74, 6) is 0.351. The molecule has 0 aromatic heterocycles. The van der Waals surface area contributed by atoms with Crippen LogP contribution < -0.4 is 0 Å². The molecule has 1 aliphatic heterocycles. The third-order valence-corrected chi connectivity index (χ3v) is 4.14. The number of allylic oxidation sites excluding steroid dienone is 1. The van der Waals surface area contributed by atoms with Crippen LogP contribution >= 0.6 is 0 Å². The van der Waals surface area contributed by atoms with E-state index in [1.165, 1.54) is 0 Å². The smallest absolute Gasteiger partial charge is 0.336 e. The third-order valence-electron chi connectivity index (χ3n) is 4.14. The predicted octanol–water partition coefficient (Wildman–Crippen LogP) is 3.24. The zero-order valence-electron chi connectivity index (χ0n) is 11.7. The highest BCUT2D eigenvalue weighted by Gasteiger charge is 2.46. The second-order valence-electron chi connectivity index (χ2n) is 5.85. The second-order valence-corrected chi connectivity index (χ2v) is 5.85. The fourth-order valence-corrected chi connectivity index (χ4v) is 2.85. The van der Waals surface area contributed by atoms with Crippen LogP contribution in [0.2, 0.25) is 0 Å². The molecule has 1 fully saturated rings. The molecule has 0 bridgehead atoms. The Kier molecular flexibility index (Phi) is 3.62. The van der Waals surface area contributed by atoms with Crippen LogP contribution in [-0.2, 0) is 20.9 Å². The van der Waals surface area contributed by atoms with E-state index < -0.39 is 11.7 Å². The Labute approximate surface area is 119 Å². The van der Waals surface area contributed by atoms with Crippen molar-refractivity contribution in [1.29, 1.82) is 0 Å². The minimum absolute atomic E-state index is 0.222. The zero-order chi connectivity index (χ0) is 14.0. The normalized spacial score (nSPS) is 32.5. The molecule has 0 saturated carbocycles. The fourth-order valence-electron chi connectivity index (χ4n) is 2.85. The monoisotopic (exact) mass is 272 g/mol. The van der Waals surface area contributed by atoms with E-state index in [1.54, 1.807) is 0 Å². The number of esters is 1. The van der Waals surface area contributed by atoms with Crippen molar-refractivity contribution in [2.75, 3.05) is 0 Å². The van der Waals surface area contributed by atoms with Gasteiger partial charge in [0.05, 0.1) is 6.61 Å². The Morgan fingerprint density at radius 1 is 1.35 bits per heavy atom. The fraction of sp³-hybridized carbons (Fsp3) is 0.471. The maximum absolute atomic E-state index is 12.0. The van der Waals surface area contributed by atoms with Crippen molar-refractivity contribution in [3.8, 4) is 0 Å². The average Bonchev–Trinajstić information content (AvgIpc) is 2.78. The summed E-state index contributed by atoms with van der Waals surface area (Å²) < 4.78 is 11.3. The van der Waals surface area contributed by atoms with E-state index in [0.29, 0.717) is 18.9 Å². The van der Waals surface area contributed by atoms with Gasteiger partial charge in [-0.2, -0.15) is 0 Å². The molecule has 1 aliphatic carbocycles. The molecule has 3 rings (SSSR count).